The molecule has 110 valence electrons. The summed E-state index contributed by atoms with van der Waals surface area (Å²) in [5.74, 6) is 0. The van der Waals surface area contributed by atoms with Gasteiger partial charge in [-0.2, -0.15) is 0 Å². The van der Waals surface area contributed by atoms with Gasteiger partial charge in [-0.05, 0) is 31.0 Å². The van der Waals surface area contributed by atoms with E-state index in [1.54, 1.807) is 4.90 Å². The lowest BCUT2D eigenvalue weighted by molar-refractivity contribution is 0.252. The molecule has 20 heavy (non-hydrogen) atoms. The van der Waals surface area contributed by atoms with Gasteiger partial charge in [-0.15, -0.1) is 0 Å². The molecule has 1 aromatic rings. The van der Waals surface area contributed by atoms with Crippen molar-refractivity contribution in [1.29, 1.82) is 0 Å². The van der Waals surface area contributed by atoms with Crippen molar-refractivity contribution in [2.75, 3.05) is 23.3 Å². The predicted octanol–water partition coefficient (Wildman–Crippen LogP) is 3.60. The Morgan fingerprint density at radius 1 is 1.40 bits per heavy atom. The van der Waals surface area contributed by atoms with Crippen LogP contribution in [0.1, 0.15) is 39.5 Å². The van der Waals surface area contributed by atoms with Gasteiger partial charge in [0.2, 0.25) is 0 Å². The average Bonchev–Trinajstić information content (AvgIpc) is 2.90. The summed E-state index contributed by atoms with van der Waals surface area (Å²) in [6.45, 7) is 5.91. The number of nitrogens with zero attached hydrogens (tertiary/aromatic N) is 1. The summed E-state index contributed by atoms with van der Waals surface area (Å²) in [6, 6.07) is 8.66. The molecule has 4 heteroatoms. The van der Waals surface area contributed by atoms with E-state index in [2.05, 4.69) is 36.6 Å². The molecule has 0 aromatic heterocycles. The molecule has 0 bridgehead atoms. The van der Waals surface area contributed by atoms with E-state index in [0.717, 1.165) is 30.9 Å². The maximum Gasteiger partial charge on any atom is 0.321 e. The first-order chi connectivity index (χ1) is 9.74. The number of unbranched alkanes of at least 4 members (excludes halogenated alkanes) is 1. The lowest BCUT2D eigenvalue weighted by Gasteiger charge is -2.20. The highest BCUT2D eigenvalue weighted by atomic mass is 16.2. The Kier molecular flexibility index (Phi) is 5.27. The molecule has 0 radical (unpaired) electrons. The van der Waals surface area contributed by atoms with Crippen LogP contribution in [0, 0.1) is 0 Å². The Labute approximate surface area is 121 Å². The van der Waals surface area contributed by atoms with Crippen LogP contribution in [0.4, 0.5) is 16.2 Å². The zero-order valence-corrected chi connectivity index (χ0v) is 12.5. The molecular weight excluding hydrogens is 250 g/mol. The number of hydrogen-bond acceptors (Lipinski definition) is 2. The molecule has 1 aliphatic rings. The highest BCUT2D eigenvalue weighted by Gasteiger charge is 2.21. The number of urea groups is 1. The molecular formula is C16H25N3O. The van der Waals surface area contributed by atoms with Crippen LogP contribution >= 0.6 is 0 Å². The van der Waals surface area contributed by atoms with Crippen molar-refractivity contribution in [2.24, 2.45) is 0 Å². The van der Waals surface area contributed by atoms with E-state index in [4.69, 9.17) is 0 Å². The van der Waals surface area contributed by atoms with Crippen LogP contribution in [-0.2, 0) is 0 Å². The summed E-state index contributed by atoms with van der Waals surface area (Å²) >= 11 is 0. The van der Waals surface area contributed by atoms with Gasteiger partial charge >= 0.3 is 6.03 Å². The van der Waals surface area contributed by atoms with Gasteiger partial charge in [0.25, 0.3) is 0 Å². The topological polar surface area (TPSA) is 44.4 Å². The summed E-state index contributed by atoms with van der Waals surface area (Å²) in [5, 5.41) is 6.42. The van der Waals surface area contributed by atoms with Crippen molar-refractivity contribution in [3.05, 3.63) is 24.3 Å². The monoisotopic (exact) mass is 275 g/mol. The quantitative estimate of drug-likeness (QED) is 0.798. The Balaban J connectivity index is 2.03. The van der Waals surface area contributed by atoms with Crippen molar-refractivity contribution < 1.29 is 4.79 Å². The zero-order chi connectivity index (χ0) is 14.4. The first-order valence-electron chi connectivity index (χ1n) is 7.66. The number of amides is 2. The minimum absolute atomic E-state index is 0.000162. The lowest BCUT2D eigenvalue weighted by Crippen LogP contribution is -2.27. The molecule has 1 aromatic carbocycles. The second-order valence-electron chi connectivity index (χ2n) is 5.33. The molecule has 1 unspecified atom stereocenters. The number of anilines is 2. The van der Waals surface area contributed by atoms with Crippen LogP contribution in [0.2, 0.25) is 0 Å². The fourth-order valence-electron chi connectivity index (χ4n) is 2.55. The molecule has 1 fully saturated rings. The molecule has 2 N–H and O–H groups in total. The van der Waals surface area contributed by atoms with Crippen LogP contribution < -0.4 is 15.5 Å². The smallest absolute Gasteiger partial charge is 0.321 e. The Hall–Kier alpha value is -1.71. The predicted molar refractivity (Wildman–Crippen MR) is 84.4 cm³/mol. The van der Waals surface area contributed by atoms with Crippen LogP contribution in [0.5, 0.6) is 0 Å². The molecule has 2 rings (SSSR count). The second-order valence-corrected chi connectivity index (χ2v) is 5.33. The van der Waals surface area contributed by atoms with Gasteiger partial charge in [0.05, 0.1) is 0 Å². The van der Waals surface area contributed by atoms with E-state index >= 15 is 0 Å². The van der Waals surface area contributed by atoms with Gasteiger partial charge in [-0.1, -0.05) is 32.8 Å². The number of carbonyl (C=O) groups excluding carboxylic acids is 1. The highest BCUT2D eigenvalue weighted by Crippen LogP contribution is 2.22. The summed E-state index contributed by atoms with van der Waals surface area (Å²) < 4.78 is 0. The van der Waals surface area contributed by atoms with Gasteiger partial charge in [-0.25, -0.2) is 4.79 Å². The van der Waals surface area contributed by atoms with Gasteiger partial charge < -0.3 is 10.6 Å². The van der Waals surface area contributed by atoms with Crippen molar-refractivity contribution in [3.63, 3.8) is 0 Å². The summed E-state index contributed by atoms with van der Waals surface area (Å²) in [5.41, 5.74) is 2.07. The summed E-state index contributed by atoms with van der Waals surface area (Å²) in [7, 11) is 0. The summed E-state index contributed by atoms with van der Waals surface area (Å²) in [4.78, 5) is 13.5. The van der Waals surface area contributed by atoms with Gasteiger partial charge in [0.15, 0.2) is 0 Å². The average molecular weight is 275 g/mol. The van der Waals surface area contributed by atoms with E-state index in [9.17, 15) is 4.79 Å². The number of hydrogen-bond donors (Lipinski definition) is 2. The van der Waals surface area contributed by atoms with Crippen LogP contribution in [0.25, 0.3) is 0 Å². The molecule has 1 atom stereocenters. The van der Waals surface area contributed by atoms with Gasteiger partial charge in [-0.3, -0.25) is 4.90 Å². The SMILES string of the molecule is CCCCC(CC)Nc1cccc(N2CCNC2=O)c1. The maximum absolute atomic E-state index is 11.7. The number of benzene rings is 1. The standard InChI is InChI=1S/C16H25N3O/c1-3-5-7-13(4-2)18-14-8-6-9-15(12-14)19-11-10-17-16(19)20/h6,8-9,12-13,18H,3-5,7,10-11H2,1-2H3,(H,17,20). The van der Waals surface area contributed by atoms with Gasteiger partial charge in [0.1, 0.15) is 0 Å². The van der Waals surface area contributed by atoms with Crippen molar-refractivity contribution in [2.45, 2.75) is 45.6 Å². The van der Waals surface area contributed by atoms with Gasteiger partial charge in [0, 0.05) is 30.5 Å². The number of nitrogens with one attached hydrogen (secondary N) is 2. The molecule has 0 saturated carbocycles. The van der Waals surface area contributed by atoms with Crippen LogP contribution in [0.15, 0.2) is 24.3 Å². The van der Waals surface area contributed by atoms with E-state index in [1.807, 2.05) is 12.1 Å². The van der Waals surface area contributed by atoms with E-state index < -0.39 is 0 Å². The molecule has 0 aliphatic carbocycles. The van der Waals surface area contributed by atoms with E-state index in [1.165, 1.54) is 19.3 Å². The molecule has 4 nitrogen and oxygen atoms in total. The van der Waals surface area contributed by atoms with Crippen molar-refractivity contribution >= 4 is 17.4 Å². The third kappa shape index (κ3) is 3.65. The zero-order valence-electron chi connectivity index (χ0n) is 12.5. The number of carbonyl (C=O) groups is 1. The Morgan fingerprint density at radius 3 is 2.90 bits per heavy atom. The third-order valence-corrected chi connectivity index (χ3v) is 3.78. The minimum atomic E-state index is 0.000162. The van der Waals surface area contributed by atoms with Crippen LogP contribution in [0.3, 0.4) is 0 Å². The van der Waals surface area contributed by atoms with Crippen molar-refractivity contribution in [3.8, 4) is 0 Å². The minimum Gasteiger partial charge on any atom is -0.382 e. The lowest BCUT2D eigenvalue weighted by atomic mass is 10.1. The largest absolute Gasteiger partial charge is 0.382 e. The van der Waals surface area contributed by atoms with E-state index in [0.29, 0.717) is 6.04 Å². The molecule has 2 amide bonds. The first kappa shape index (κ1) is 14.7. The fourth-order valence-corrected chi connectivity index (χ4v) is 2.55. The second kappa shape index (κ2) is 7.17. The maximum atomic E-state index is 11.7. The third-order valence-electron chi connectivity index (χ3n) is 3.78. The number of rotatable bonds is 7. The molecule has 0 spiro atoms. The molecule has 1 heterocycles. The summed E-state index contributed by atoms with van der Waals surface area (Å²) in [6.07, 6.45) is 4.79. The molecule has 1 saturated heterocycles. The highest BCUT2D eigenvalue weighted by molar-refractivity contribution is 5.94. The van der Waals surface area contributed by atoms with E-state index in [-0.39, 0.29) is 6.03 Å². The fraction of sp³-hybridized carbons (Fsp3) is 0.562. The normalized spacial score (nSPS) is 16.1. The Morgan fingerprint density at radius 2 is 2.25 bits per heavy atom. The Bertz CT molecular complexity index is 447. The first-order valence-corrected chi connectivity index (χ1v) is 7.66. The van der Waals surface area contributed by atoms with Crippen LogP contribution in [-0.4, -0.2) is 25.2 Å². The van der Waals surface area contributed by atoms with Crippen molar-refractivity contribution in [1.82, 2.24) is 5.32 Å². The molecule has 1 aliphatic heterocycles.